The van der Waals surface area contributed by atoms with Gasteiger partial charge in [0.05, 0.1) is 13.2 Å². The number of rotatable bonds is 9. The molecule has 0 aliphatic heterocycles. The van der Waals surface area contributed by atoms with Crippen molar-refractivity contribution < 1.29 is 18.7 Å². The predicted octanol–water partition coefficient (Wildman–Crippen LogP) is 3.20. The van der Waals surface area contributed by atoms with Gasteiger partial charge in [-0.05, 0) is 13.3 Å². The van der Waals surface area contributed by atoms with Crippen molar-refractivity contribution in [1.82, 2.24) is 4.98 Å². The highest BCUT2D eigenvalue weighted by Gasteiger charge is 2.13. The molecule has 0 atom stereocenters. The summed E-state index contributed by atoms with van der Waals surface area (Å²) in [5.41, 5.74) is 0.151. The number of hydrogen-bond donors (Lipinski definition) is 0. The number of carbonyl (C=O) groups excluding carboxylic acids is 1. The van der Waals surface area contributed by atoms with E-state index < -0.39 is 5.97 Å². The molecule has 1 rings (SSSR count). The van der Waals surface area contributed by atoms with E-state index in [4.69, 9.17) is 13.9 Å². The lowest BCUT2D eigenvalue weighted by atomic mass is 10.2. The first-order chi connectivity index (χ1) is 8.77. The van der Waals surface area contributed by atoms with Crippen molar-refractivity contribution in [1.29, 1.82) is 0 Å². The van der Waals surface area contributed by atoms with Crippen molar-refractivity contribution in [2.75, 3.05) is 13.2 Å². The van der Waals surface area contributed by atoms with Crippen molar-refractivity contribution >= 4 is 5.97 Å². The molecular formula is C13H21NO4. The fourth-order valence-corrected chi connectivity index (χ4v) is 1.49. The Bertz CT molecular complexity index is 349. The van der Waals surface area contributed by atoms with Crippen LogP contribution in [-0.2, 0) is 4.74 Å². The van der Waals surface area contributed by atoms with Crippen LogP contribution in [0.2, 0.25) is 0 Å². The monoisotopic (exact) mass is 255 g/mol. The molecule has 0 N–H and O–H groups in total. The van der Waals surface area contributed by atoms with E-state index in [0.29, 0.717) is 13.2 Å². The highest BCUT2D eigenvalue weighted by atomic mass is 16.6. The van der Waals surface area contributed by atoms with Crippen LogP contribution >= 0.6 is 0 Å². The number of oxazole rings is 1. The van der Waals surface area contributed by atoms with Crippen LogP contribution in [0, 0.1) is 0 Å². The minimum Gasteiger partial charge on any atom is -0.461 e. The van der Waals surface area contributed by atoms with E-state index in [-0.39, 0.29) is 11.8 Å². The Morgan fingerprint density at radius 1 is 1.28 bits per heavy atom. The van der Waals surface area contributed by atoms with Crippen LogP contribution in [0.1, 0.15) is 56.4 Å². The molecule has 102 valence electrons. The van der Waals surface area contributed by atoms with Crippen LogP contribution in [0.5, 0.6) is 6.08 Å². The maximum Gasteiger partial charge on any atom is 0.394 e. The summed E-state index contributed by atoms with van der Waals surface area (Å²) in [7, 11) is 0. The minimum atomic E-state index is -0.487. The smallest absolute Gasteiger partial charge is 0.394 e. The van der Waals surface area contributed by atoms with Crippen LogP contribution in [0.3, 0.4) is 0 Å². The number of esters is 1. The molecule has 5 nitrogen and oxygen atoms in total. The van der Waals surface area contributed by atoms with Gasteiger partial charge in [0.2, 0.25) is 0 Å². The van der Waals surface area contributed by atoms with Crippen LogP contribution < -0.4 is 4.74 Å². The summed E-state index contributed by atoms with van der Waals surface area (Å²) in [4.78, 5) is 15.2. The largest absolute Gasteiger partial charge is 0.461 e. The van der Waals surface area contributed by atoms with Crippen molar-refractivity contribution in [3.63, 3.8) is 0 Å². The molecule has 5 heteroatoms. The number of ether oxygens (including phenoxy) is 2. The second-order valence-electron chi connectivity index (χ2n) is 3.98. The zero-order chi connectivity index (χ0) is 13.2. The molecule has 18 heavy (non-hydrogen) atoms. The van der Waals surface area contributed by atoms with Gasteiger partial charge >= 0.3 is 12.0 Å². The first kappa shape index (κ1) is 14.5. The topological polar surface area (TPSA) is 61.6 Å². The fraction of sp³-hybridized carbons (Fsp3) is 0.692. The maximum atomic E-state index is 11.3. The molecule has 0 spiro atoms. The molecule has 0 aliphatic carbocycles. The van der Waals surface area contributed by atoms with Crippen LogP contribution in [0.15, 0.2) is 10.7 Å². The Hall–Kier alpha value is -1.52. The van der Waals surface area contributed by atoms with E-state index in [2.05, 4.69) is 11.9 Å². The zero-order valence-electron chi connectivity index (χ0n) is 11.1. The summed E-state index contributed by atoms with van der Waals surface area (Å²) < 4.78 is 15.1. The van der Waals surface area contributed by atoms with Gasteiger partial charge in [0.1, 0.15) is 6.26 Å². The van der Waals surface area contributed by atoms with E-state index in [1.807, 2.05) is 0 Å². The van der Waals surface area contributed by atoms with Gasteiger partial charge in [-0.1, -0.05) is 32.6 Å². The fourth-order valence-electron chi connectivity index (χ4n) is 1.49. The number of nitrogens with zero attached hydrogens (tertiary/aromatic N) is 1. The van der Waals surface area contributed by atoms with Gasteiger partial charge in [-0.25, -0.2) is 4.79 Å². The van der Waals surface area contributed by atoms with E-state index in [0.717, 1.165) is 12.8 Å². The minimum absolute atomic E-state index is 0.133. The lowest BCUT2D eigenvalue weighted by Crippen LogP contribution is -2.05. The third-order valence-electron chi connectivity index (χ3n) is 2.44. The Kier molecular flexibility index (Phi) is 6.91. The van der Waals surface area contributed by atoms with Crippen molar-refractivity contribution in [3.05, 3.63) is 12.0 Å². The van der Waals surface area contributed by atoms with Gasteiger partial charge in [0.15, 0.2) is 5.69 Å². The third kappa shape index (κ3) is 5.21. The summed E-state index contributed by atoms with van der Waals surface area (Å²) in [6.07, 6.45) is 7.20. The van der Waals surface area contributed by atoms with E-state index >= 15 is 0 Å². The standard InChI is InChI=1S/C13H21NO4/c1-3-5-6-7-8-9-17-13-14-11(10-18-13)12(15)16-4-2/h10H,3-9H2,1-2H3. The first-order valence-electron chi connectivity index (χ1n) is 6.53. The van der Waals surface area contributed by atoms with Crippen LogP contribution in [0.25, 0.3) is 0 Å². The average Bonchev–Trinajstić information content (AvgIpc) is 2.83. The molecule has 0 unspecified atom stereocenters. The van der Waals surface area contributed by atoms with Gasteiger partial charge in [-0.15, -0.1) is 0 Å². The molecule has 0 saturated carbocycles. The Labute approximate surface area is 107 Å². The lowest BCUT2D eigenvalue weighted by molar-refractivity contribution is 0.0519. The SMILES string of the molecule is CCCCCCCOc1nc(C(=O)OCC)co1. The zero-order valence-corrected chi connectivity index (χ0v) is 11.1. The van der Waals surface area contributed by atoms with E-state index in [9.17, 15) is 4.79 Å². The van der Waals surface area contributed by atoms with Crippen LogP contribution in [-0.4, -0.2) is 24.2 Å². The molecule has 0 saturated heterocycles. The number of unbranched alkanes of at least 4 members (excludes halogenated alkanes) is 4. The lowest BCUT2D eigenvalue weighted by Gasteiger charge is -2.00. The molecular weight excluding hydrogens is 234 g/mol. The van der Waals surface area contributed by atoms with Crippen molar-refractivity contribution in [2.45, 2.75) is 46.0 Å². The summed E-state index contributed by atoms with van der Waals surface area (Å²) in [6, 6.07) is 0. The van der Waals surface area contributed by atoms with E-state index in [1.165, 1.54) is 25.5 Å². The summed E-state index contributed by atoms with van der Waals surface area (Å²) in [6.45, 7) is 4.80. The highest BCUT2D eigenvalue weighted by molar-refractivity contribution is 5.86. The molecule has 1 heterocycles. The Morgan fingerprint density at radius 2 is 2.06 bits per heavy atom. The maximum absolute atomic E-state index is 11.3. The number of carbonyl (C=O) groups is 1. The molecule has 1 aromatic rings. The Balaban J connectivity index is 2.21. The molecule has 0 aliphatic rings. The molecule has 0 bridgehead atoms. The first-order valence-corrected chi connectivity index (χ1v) is 6.53. The van der Waals surface area contributed by atoms with Gasteiger partial charge in [0.25, 0.3) is 0 Å². The quantitative estimate of drug-likeness (QED) is 0.501. The van der Waals surface area contributed by atoms with Gasteiger partial charge in [0, 0.05) is 0 Å². The van der Waals surface area contributed by atoms with Gasteiger partial charge in [-0.3, -0.25) is 0 Å². The number of aromatic nitrogens is 1. The number of hydrogen-bond acceptors (Lipinski definition) is 5. The second kappa shape index (κ2) is 8.55. The highest BCUT2D eigenvalue weighted by Crippen LogP contribution is 2.12. The summed E-state index contributed by atoms with van der Waals surface area (Å²) in [5.74, 6) is -0.487. The third-order valence-corrected chi connectivity index (χ3v) is 2.44. The van der Waals surface area contributed by atoms with Crippen molar-refractivity contribution in [2.24, 2.45) is 0 Å². The second-order valence-corrected chi connectivity index (χ2v) is 3.98. The molecule has 0 radical (unpaired) electrons. The van der Waals surface area contributed by atoms with Crippen LogP contribution in [0.4, 0.5) is 0 Å². The average molecular weight is 255 g/mol. The Morgan fingerprint density at radius 3 is 2.78 bits per heavy atom. The van der Waals surface area contributed by atoms with Gasteiger partial charge < -0.3 is 13.9 Å². The summed E-state index contributed by atoms with van der Waals surface area (Å²) in [5, 5.41) is 0. The normalized spacial score (nSPS) is 10.3. The molecule has 0 fully saturated rings. The molecule has 1 aromatic heterocycles. The van der Waals surface area contributed by atoms with E-state index in [1.54, 1.807) is 6.92 Å². The summed E-state index contributed by atoms with van der Waals surface area (Å²) >= 11 is 0. The van der Waals surface area contributed by atoms with Crippen molar-refractivity contribution in [3.8, 4) is 6.08 Å². The molecule has 0 aromatic carbocycles. The van der Waals surface area contributed by atoms with Gasteiger partial charge in [-0.2, -0.15) is 4.98 Å². The predicted molar refractivity (Wildman–Crippen MR) is 66.7 cm³/mol. The molecule has 0 amide bonds.